The van der Waals surface area contributed by atoms with Crippen molar-refractivity contribution < 1.29 is 9.18 Å². The van der Waals surface area contributed by atoms with Gasteiger partial charge < -0.3 is 9.80 Å². The summed E-state index contributed by atoms with van der Waals surface area (Å²) in [5, 5.41) is 4.30. The van der Waals surface area contributed by atoms with Crippen LogP contribution in [0.1, 0.15) is 50.4 Å². The second-order valence-corrected chi connectivity index (χ2v) is 8.72. The number of aryl methyl sites for hydroxylation is 1. The Morgan fingerprint density at radius 1 is 1.29 bits per heavy atom. The summed E-state index contributed by atoms with van der Waals surface area (Å²) in [6.45, 7) is 8.93. The lowest BCUT2D eigenvalue weighted by Crippen LogP contribution is -2.50. The van der Waals surface area contributed by atoms with Crippen LogP contribution in [0.15, 0.2) is 36.7 Å². The van der Waals surface area contributed by atoms with Crippen molar-refractivity contribution in [2.45, 2.75) is 58.2 Å². The predicted molar refractivity (Wildman–Crippen MR) is 108 cm³/mol. The first-order chi connectivity index (χ1) is 13.4. The van der Waals surface area contributed by atoms with Crippen LogP contribution < -0.4 is 4.90 Å². The molecule has 28 heavy (non-hydrogen) atoms. The van der Waals surface area contributed by atoms with Crippen LogP contribution in [0.5, 0.6) is 0 Å². The zero-order valence-electron chi connectivity index (χ0n) is 16.9. The fourth-order valence-corrected chi connectivity index (χ4v) is 5.08. The van der Waals surface area contributed by atoms with Crippen molar-refractivity contribution in [3.63, 3.8) is 0 Å². The van der Waals surface area contributed by atoms with Gasteiger partial charge in [-0.05, 0) is 63.3 Å². The lowest BCUT2D eigenvalue weighted by Gasteiger charge is -2.41. The van der Waals surface area contributed by atoms with Crippen LogP contribution in [0.4, 0.5) is 10.1 Å². The van der Waals surface area contributed by atoms with Crippen molar-refractivity contribution in [1.29, 1.82) is 0 Å². The van der Waals surface area contributed by atoms with Crippen LogP contribution in [-0.4, -0.2) is 45.3 Å². The van der Waals surface area contributed by atoms with Crippen molar-refractivity contribution in [2.75, 3.05) is 18.0 Å². The van der Waals surface area contributed by atoms with E-state index in [1.165, 1.54) is 12.1 Å². The maximum Gasteiger partial charge on any atom is 0.257 e. The Hall–Kier alpha value is -2.37. The third-order valence-electron chi connectivity index (χ3n) is 6.16. The van der Waals surface area contributed by atoms with Gasteiger partial charge in [0.05, 0.1) is 11.8 Å². The third-order valence-corrected chi connectivity index (χ3v) is 6.16. The van der Waals surface area contributed by atoms with E-state index < -0.39 is 0 Å². The number of hydrogen-bond donors (Lipinski definition) is 0. The number of fused-ring (bicyclic) bond motifs is 1. The Bertz CT molecular complexity index is 844. The monoisotopic (exact) mass is 384 g/mol. The molecule has 0 saturated carbocycles. The minimum atomic E-state index is -0.207. The average molecular weight is 384 g/mol. The molecule has 2 aliphatic heterocycles. The van der Waals surface area contributed by atoms with E-state index in [9.17, 15) is 9.18 Å². The summed E-state index contributed by atoms with van der Waals surface area (Å²) in [4.78, 5) is 17.4. The van der Waals surface area contributed by atoms with Crippen LogP contribution in [0.3, 0.4) is 0 Å². The predicted octanol–water partition coefficient (Wildman–Crippen LogP) is 3.95. The standard InChI is InChI=1S/C22H29FN4O/c1-4-10-26-15-17(13-24-26)21(28)25-11-9-20-16(14-25)12-22(2,3)27(20)19-7-5-18(23)6-8-19/h5-8,13,15-16,20H,4,9-12,14H2,1-3H3/t16-,20+/m1/s1. The van der Waals surface area contributed by atoms with Gasteiger partial charge in [0.1, 0.15) is 5.82 Å². The Labute approximate surface area is 166 Å². The molecule has 0 N–H and O–H groups in total. The molecule has 0 spiro atoms. The first-order valence-electron chi connectivity index (χ1n) is 10.3. The fourth-order valence-electron chi connectivity index (χ4n) is 5.08. The fraction of sp³-hybridized carbons (Fsp3) is 0.545. The first-order valence-corrected chi connectivity index (χ1v) is 10.3. The molecule has 3 heterocycles. The number of aromatic nitrogens is 2. The zero-order chi connectivity index (χ0) is 19.9. The highest BCUT2D eigenvalue weighted by atomic mass is 19.1. The topological polar surface area (TPSA) is 41.4 Å². The zero-order valence-corrected chi connectivity index (χ0v) is 16.9. The summed E-state index contributed by atoms with van der Waals surface area (Å²) in [5.41, 5.74) is 1.73. The molecule has 0 unspecified atom stereocenters. The highest BCUT2D eigenvalue weighted by Gasteiger charge is 2.48. The van der Waals surface area contributed by atoms with Gasteiger partial charge in [-0.15, -0.1) is 0 Å². The maximum absolute atomic E-state index is 13.4. The molecule has 0 bridgehead atoms. The van der Waals surface area contributed by atoms with E-state index >= 15 is 0 Å². The van der Waals surface area contributed by atoms with E-state index in [0.717, 1.165) is 44.6 Å². The van der Waals surface area contributed by atoms with Crippen LogP contribution >= 0.6 is 0 Å². The van der Waals surface area contributed by atoms with Crippen LogP contribution in [-0.2, 0) is 6.54 Å². The second kappa shape index (κ2) is 7.22. The summed E-state index contributed by atoms with van der Waals surface area (Å²) in [6.07, 6.45) is 6.50. The van der Waals surface area contributed by atoms with Gasteiger partial charge in [-0.25, -0.2) is 4.39 Å². The molecule has 1 aromatic heterocycles. The van der Waals surface area contributed by atoms with Crippen molar-refractivity contribution in [3.8, 4) is 0 Å². The van der Waals surface area contributed by atoms with Crippen LogP contribution in [0, 0.1) is 11.7 Å². The molecule has 6 heteroatoms. The minimum absolute atomic E-state index is 0.0156. The van der Waals surface area contributed by atoms with Crippen LogP contribution in [0.25, 0.3) is 0 Å². The van der Waals surface area contributed by atoms with Gasteiger partial charge in [0.2, 0.25) is 0 Å². The summed E-state index contributed by atoms with van der Waals surface area (Å²) >= 11 is 0. The van der Waals surface area contributed by atoms with E-state index in [-0.39, 0.29) is 17.3 Å². The summed E-state index contributed by atoms with van der Waals surface area (Å²) < 4.78 is 15.2. The smallest absolute Gasteiger partial charge is 0.257 e. The first kappa shape index (κ1) is 19.0. The molecule has 2 fully saturated rings. The molecule has 2 aromatic rings. The molecule has 4 rings (SSSR count). The maximum atomic E-state index is 13.4. The number of nitrogens with zero attached hydrogens (tertiary/aromatic N) is 4. The molecular formula is C22H29FN4O. The summed E-state index contributed by atoms with van der Waals surface area (Å²) in [6, 6.07) is 7.20. The number of hydrogen-bond acceptors (Lipinski definition) is 3. The van der Waals surface area contributed by atoms with Crippen molar-refractivity contribution in [2.24, 2.45) is 5.92 Å². The van der Waals surface area contributed by atoms with Gasteiger partial charge in [0.25, 0.3) is 5.91 Å². The quantitative estimate of drug-likeness (QED) is 0.801. The molecule has 2 aliphatic rings. The Morgan fingerprint density at radius 3 is 2.75 bits per heavy atom. The summed E-state index contributed by atoms with van der Waals surface area (Å²) in [5.74, 6) is 0.295. The molecular weight excluding hydrogens is 355 g/mol. The second-order valence-electron chi connectivity index (χ2n) is 8.72. The molecule has 1 aromatic carbocycles. The SMILES string of the molecule is CCCn1cc(C(=O)N2CC[C@H]3[C@@H](C2)CC(C)(C)N3c2ccc(F)cc2)cn1. The van der Waals surface area contributed by atoms with Gasteiger partial charge in [0.15, 0.2) is 0 Å². The van der Waals surface area contributed by atoms with Gasteiger partial charge in [-0.3, -0.25) is 9.48 Å². The highest BCUT2D eigenvalue weighted by molar-refractivity contribution is 5.93. The number of rotatable bonds is 4. The van der Waals surface area contributed by atoms with Gasteiger partial charge in [-0.1, -0.05) is 6.92 Å². The van der Waals surface area contributed by atoms with Crippen molar-refractivity contribution in [1.82, 2.24) is 14.7 Å². The number of halogens is 1. The van der Waals surface area contributed by atoms with E-state index in [1.807, 2.05) is 27.9 Å². The largest absolute Gasteiger partial charge is 0.363 e. The molecule has 2 atom stereocenters. The number of carbonyl (C=O) groups excluding carboxylic acids is 1. The van der Waals surface area contributed by atoms with E-state index in [0.29, 0.717) is 17.5 Å². The molecule has 5 nitrogen and oxygen atoms in total. The lowest BCUT2D eigenvalue weighted by molar-refractivity contribution is 0.0667. The molecule has 2 saturated heterocycles. The highest BCUT2D eigenvalue weighted by Crippen LogP contribution is 2.44. The minimum Gasteiger partial charge on any atom is -0.363 e. The average Bonchev–Trinajstić information content (AvgIpc) is 3.22. The van der Waals surface area contributed by atoms with Crippen LogP contribution in [0.2, 0.25) is 0 Å². The van der Waals surface area contributed by atoms with Gasteiger partial charge >= 0.3 is 0 Å². The normalized spacial score (nSPS) is 23.7. The molecule has 0 radical (unpaired) electrons. The number of amides is 1. The molecule has 150 valence electrons. The van der Waals surface area contributed by atoms with Gasteiger partial charge in [-0.2, -0.15) is 5.10 Å². The number of anilines is 1. The van der Waals surface area contributed by atoms with Crippen molar-refractivity contribution >= 4 is 11.6 Å². The number of benzene rings is 1. The van der Waals surface area contributed by atoms with E-state index in [2.05, 4.69) is 30.8 Å². The molecule has 1 amide bonds. The Kier molecular flexibility index (Phi) is 4.89. The number of carbonyl (C=O) groups is 1. The Morgan fingerprint density at radius 2 is 2.04 bits per heavy atom. The number of piperidine rings is 1. The number of likely N-dealkylation sites (tertiary alicyclic amines) is 1. The molecule has 0 aliphatic carbocycles. The third kappa shape index (κ3) is 3.40. The van der Waals surface area contributed by atoms with E-state index in [4.69, 9.17) is 0 Å². The Balaban J connectivity index is 1.50. The lowest BCUT2D eigenvalue weighted by atomic mass is 9.89. The van der Waals surface area contributed by atoms with Crippen molar-refractivity contribution in [3.05, 3.63) is 48.0 Å². The van der Waals surface area contributed by atoms with E-state index in [1.54, 1.807) is 6.20 Å². The van der Waals surface area contributed by atoms with Gasteiger partial charge in [0, 0.05) is 43.1 Å². The summed E-state index contributed by atoms with van der Waals surface area (Å²) in [7, 11) is 0.